The van der Waals surface area contributed by atoms with E-state index in [9.17, 15) is 9.59 Å². The molecule has 2 aromatic heterocycles. The van der Waals surface area contributed by atoms with Gasteiger partial charge in [-0.25, -0.2) is 4.98 Å². The van der Waals surface area contributed by atoms with Crippen molar-refractivity contribution < 1.29 is 4.79 Å². The van der Waals surface area contributed by atoms with Crippen LogP contribution in [0.5, 0.6) is 0 Å². The minimum absolute atomic E-state index is 0.111. The Morgan fingerprint density at radius 3 is 2.57 bits per heavy atom. The molecular weight excluding hydrogens is 400 g/mol. The molecule has 1 aromatic carbocycles. The van der Waals surface area contributed by atoms with E-state index in [4.69, 9.17) is 11.6 Å². The van der Waals surface area contributed by atoms with Gasteiger partial charge >= 0.3 is 0 Å². The molecule has 6 nitrogen and oxygen atoms in total. The number of aryl methyl sites for hydroxylation is 1. The average molecular weight is 425 g/mol. The van der Waals surface area contributed by atoms with Gasteiger partial charge in [-0.1, -0.05) is 29.3 Å². The van der Waals surface area contributed by atoms with Gasteiger partial charge in [-0.2, -0.15) is 0 Å². The summed E-state index contributed by atoms with van der Waals surface area (Å²) >= 11 is 6.00. The zero-order valence-corrected chi connectivity index (χ0v) is 17.8. The Morgan fingerprint density at radius 2 is 1.83 bits per heavy atom. The summed E-state index contributed by atoms with van der Waals surface area (Å²) in [6.07, 6.45) is 4.86. The molecule has 0 spiro atoms. The second-order valence-electron chi connectivity index (χ2n) is 7.79. The molecule has 7 heteroatoms. The van der Waals surface area contributed by atoms with E-state index in [0.29, 0.717) is 22.9 Å². The van der Waals surface area contributed by atoms with E-state index >= 15 is 0 Å². The number of hydrogen-bond donors (Lipinski definition) is 0. The Morgan fingerprint density at radius 1 is 1.10 bits per heavy atom. The summed E-state index contributed by atoms with van der Waals surface area (Å²) in [6.45, 7) is 4.29. The minimum Gasteiger partial charge on any atom is -0.356 e. The number of anilines is 1. The van der Waals surface area contributed by atoms with Crippen molar-refractivity contribution in [2.24, 2.45) is 0 Å². The van der Waals surface area contributed by atoms with Crippen LogP contribution in [0, 0.1) is 6.92 Å². The van der Waals surface area contributed by atoms with E-state index in [1.54, 1.807) is 18.3 Å². The van der Waals surface area contributed by atoms with Gasteiger partial charge in [-0.15, -0.1) is 0 Å². The number of hydrogen-bond acceptors (Lipinski definition) is 4. The highest BCUT2D eigenvalue weighted by molar-refractivity contribution is 6.30. The quantitative estimate of drug-likeness (QED) is 0.627. The molecule has 0 aliphatic carbocycles. The number of rotatable bonds is 5. The maximum atomic E-state index is 12.9. The van der Waals surface area contributed by atoms with E-state index in [-0.39, 0.29) is 18.0 Å². The first-order valence-electron chi connectivity index (χ1n) is 10.3. The number of amides is 1. The van der Waals surface area contributed by atoms with Gasteiger partial charge in [0, 0.05) is 31.0 Å². The molecule has 1 fully saturated rings. The number of piperidine rings is 1. The predicted octanol–water partition coefficient (Wildman–Crippen LogP) is 3.68. The minimum atomic E-state index is -0.191. The van der Waals surface area contributed by atoms with Crippen LogP contribution in [0.2, 0.25) is 5.02 Å². The van der Waals surface area contributed by atoms with Crippen molar-refractivity contribution in [1.82, 2.24) is 14.3 Å². The first kappa shape index (κ1) is 20.4. The van der Waals surface area contributed by atoms with Gasteiger partial charge in [-0.05, 0) is 50.5 Å². The lowest BCUT2D eigenvalue weighted by Crippen LogP contribution is -2.42. The number of fused-ring (bicyclic) bond motifs is 1. The maximum absolute atomic E-state index is 12.9. The van der Waals surface area contributed by atoms with Crippen molar-refractivity contribution in [2.75, 3.05) is 24.5 Å². The summed E-state index contributed by atoms with van der Waals surface area (Å²) in [5.41, 5.74) is 3.05. The molecule has 3 heterocycles. The maximum Gasteiger partial charge on any atom is 0.258 e. The van der Waals surface area contributed by atoms with Crippen LogP contribution in [0.4, 0.5) is 5.69 Å². The predicted molar refractivity (Wildman–Crippen MR) is 119 cm³/mol. The lowest BCUT2D eigenvalue weighted by Gasteiger charge is -2.31. The van der Waals surface area contributed by atoms with Crippen LogP contribution < -0.4 is 10.5 Å². The smallest absolute Gasteiger partial charge is 0.258 e. The molecule has 1 aliphatic heterocycles. The van der Waals surface area contributed by atoms with Gasteiger partial charge in [-0.3, -0.25) is 14.0 Å². The van der Waals surface area contributed by atoms with Gasteiger partial charge in [0.1, 0.15) is 5.65 Å². The van der Waals surface area contributed by atoms with Crippen molar-refractivity contribution in [3.05, 3.63) is 75.3 Å². The molecule has 0 saturated carbocycles. The Balaban J connectivity index is 1.63. The zero-order valence-electron chi connectivity index (χ0n) is 17.1. The first-order valence-corrected chi connectivity index (χ1v) is 10.6. The molecule has 30 heavy (non-hydrogen) atoms. The Kier molecular flexibility index (Phi) is 6.04. The standard InChI is InChI=1S/C23H25ClN4O2/c1-17-5-8-20(9-6-17)27(16-23(30)26-11-3-2-4-12-26)15-19-13-22(29)28-14-18(24)7-10-21(28)25-19/h5-10,13-14H,2-4,11-12,15-16H2,1H3. The molecule has 0 atom stereocenters. The zero-order chi connectivity index (χ0) is 21.1. The summed E-state index contributed by atoms with van der Waals surface area (Å²) in [6, 6.07) is 13.0. The molecule has 0 unspecified atom stereocenters. The van der Waals surface area contributed by atoms with Crippen molar-refractivity contribution in [3.8, 4) is 0 Å². The van der Waals surface area contributed by atoms with Crippen LogP contribution in [0.3, 0.4) is 0 Å². The van der Waals surface area contributed by atoms with Gasteiger partial charge in [0.05, 0.1) is 23.8 Å². The third-order valence-corrected chi connectivity index (χ3v) is 5.69. The van der Waals surface area contributed by atoms with E-state index in [2.05, 4.69) is 4.98 Å². The highest BCUT2D eigenvalue weighted by atomic mass is 35.5. The molecule has 1 saturated heterocycles. The average Bonchev–Trinajstić information content (AvgIpc) is 2.75. The second kappa shape index (κ2) is 8.88. The number of aromatic nitrogens is 2. The summed E-state index contributed by atoms with van der Waals surface area (Å²) in [5, 5.41) is 0.479. The fourth-order valence-electron chi connectivity index (χ4n) is 3.80. The molecule has 3 aromatic rings. The Bertz CT molecular complexity index is 1100. The highest BCUT2D eigenvalue weighted by Crippen LogP contribution is 2.19. The van der Waals surface area contributed by atoms with Crippen LogP contribution in [0.1, 0.15) is 30.5 Å². The third-order valence-electron chi connectivity index (χ3n) is 5.46. The Labute approximate surface area is 180 Å². The van der Waals surface area contributed by atoms with E-state index in [1.165, 1.54) is 16.9 Å². The van der Waals surface area contributed by atoms with E-state index < -0.39 is 0 Å². The summed E-state index contributed by atoms with van der Waals surface area (Å²) in [5.74, 6) is 0.111. The van der Waals surface area contributed by atoms with Crippen LogP contribution in [-0.2, 0) is 11.3 Å². The molecule has 0 bridgehead atoms. The first-order chi connectivity index (χ1) is 14.5. The van der Waals surface area contributed by atoms with Gasteiger partial charge in [0.2, 0.25) is 5.91 Å². The SMILES string of the molecule is Cc1ccc(N(CC(=O)N2CCCCC2)Cc2cc(=O)n3cc(Cl)ccc3n2)cc1. The highest BCUT2D eigenvalue weighted by Gasteiger charge is 2.20. The van der Waals surface area contributed by atoms with Crippen molar-refractivity contribution in [1.29, 1.82) is 0 Å². The number of carbonyl (C=O) groups excluding carboxylic acids is 1. The van der Waals surface area contributed by atoms with Crippen molar-refractivity contribution >= 4 is 28.8 Å². The number of carbonyl (C=O) groups is 1. The number of likely N-dealkylation sites (tertiary alicyclic amines) is 1. The van der Waals surface area contributed by atoms with Crippen molar-refractivity contribution in [3.63, 3.8) is 0 Å². The monoisotopic (exact) mass is 424 g/mol. The molecule has 1 amide bonds. The molecule has 0 N–H and O–H groups in total. The van der Waals surface area contributed by atoms with Crippen molar-refractivity contribution in [2.45, 2.75) is 32.7 Å². The number of pyridine rings is 1. The van der Waals surface area contributed by atoms with Gasteiger partial charge in [0.25, 0.3) is 5.56 Å². The Hall–Kier alpha value is -2.86. The van der Waals surface area contributed by atoms with Crippen LogP contribution in [0.15, 0.2) is 53.5 Å². The fourth-order valence-corrected chi connectivity index (χ4v) is 3.96. The molecule has 156 valence electrons. The largest absolute Gasteiger partial charge is 0.356 e. The lowest BCUT2D eigenvalue weighted by molar-refractivity contribution is -0.130. The lowest BCUT2D eigenvalue weighted by atomic mass is 10.1. The molecule has 4 rings (SSSR count). The summed E-state index contributed by atoms with van der Waals surface area (Å²) < 4.78 is 1.43. The number of halogens is 1. The molecule has 1 aliphatic rings. The fraction of sp³-hybridized carbons (Fsp3) is 0.348. The number of benzene rings is 1. The molecular formula is C23H25ClN4O2. The van der Waals surface area contributed by atoms with Gasteiger partial charge < -0.3 is 9.80 Å². The van der Waals surface area contributed by atoms with Crippen LogP contribution in [-0.4, -0.2) is 39.8 Å². The third kappa shape index (κ3) is 4.65. The van der Waals surface area contributed by atoms with E-state index in [1.807, 2.05) is 41.0 Å². The topological polar surface area (TPSA) is 57.9 Å². The van der Waals surface area contributed by atoms with Crippen LogP contribution in [0.25, 0.3) is 5.65 Å². The van der Waals surface area contributed by atoms with Crippen LogP contribution >= 0.6 is 11.6 Å². The summed E-state index contributed by atoms with van der Waals surface area (Å²) in [4.78, 5) is 34.0. The normalized spacial score (nSPS) is 14.1. The molecule has 0 radical (unpaired) electrons. The number of nitrogens with zero attached hydrogens (tertiary/aromatic N) is 4. The summed E-state index contributed by atoms with van der Waals surface area (Å²) in [7, 11) is 0. The van der Waals surface area contributed by atoms with E-state index in [0.717, 1.165) is 37.2 Å². The van der Waals surface area contributed by atoms with Gasteiger partial charge in [0.15, 0.2) is 0 Å². The second-order valence-corrected chi connectivity index (χ2v) is 8.23.